The molecule has 1 saturated heterocycles. The van der Waals surface area contributed by atoms with Crippen LogP contribution in [0.4, 0.5) is 10.5 Å². The van der Waals surface area contributed by atoms with Gasteiger partial charge in [0.25, 0.3) is 0 Å². The summed E-state index contributed by atoms with van der Waals surface area (Å²) in [6.45, 7) is 6.27. The Morgan fingerprint density at radius 3 is 2.46 bits per heavy atom. The Morgan fingerprint density at radius 1 is 1.08 bits per heavy atom. The highest BCUT2D eigenvalue weighted by molar-refractivity contribution is 9.10. The van der Waals surface area contributed by atoms with Crippen LogP contribution >= 0.6 is 15.9 Å². The van der Waals surface area contributed by atoms with Crippen molar-refractivity contribution in [1.29, 1.82) is 0 Å². The molecule has 0 bridgehead atoms. The minimum atomic E-state index is -0.0141. The van der Waals surface area contributed by atoms with Gasteiger partial charge in [-0.25, -0.2) is 4.79 Å². The summed E-state index contributed by atoms with van der Waals surface area (Å²) in [4.78, 5) is 16.7. The van der Waals surface area contributed by atoms with Gasteiger partial charge in [0.2, 0.25) is 0 Å². The Morgan fingerprint density at radius 2 is 1.79 bits per heavy atom. The van der Waals surface area contributed by atoms with Gasteiger partial charge >= 0.3 is 6.03 Å². The predicted molar refractivity (Wildman–Crippen MR) is 101 cm³/mol. The lowest BCUT2D eigenvalue weighted by Gasteiger charge is -2.34. The number of hydrogen-bond acceptors (Lipinski definition) is 2. The molecular weight excluding hydrogens is 366 g/mol. The van der Waals surface area contributed by atoms with Gasteiger partial charge in [-0.1, -0.05) is 46.3 Å². The van der Waals surface area contributed by atoms with Crippen LogP contribution < -0.4 is 5.32 Å². The Labute approximate surface area is 151 Å². The highest BCUT2D eigenvalue weighted by Crippen LogP contribution is 2.20. The molecule has 5 heteroatoms. The first-order chi connectivity index (χ1) is 11.6. The summed E-state index contributed by atoms with van der Waals surface area (Å²) in [5.41, 5.74) is 3.25. The van der Waals surface area contributed by atoms with Crippen LogP contribution in [0.25, 0.3) is 0 Å². The SMILES string of the molecule is Cc1cc(Br)ccc1NC(=O)N1CCN(Cc2ccccc2)CC1. The van der Waals surface area contributed by atoms with Crippen LogP contribution in [-0.4, -0.2) is 42.0 Å². The normalized spacial score (nSPS) is 15.3. The molecule has 2 aromatic carbocycles. The van der Waals surface area contributed by atoms with E-state index in [-0.39, 0.29) is 6.03 Å². The zero-order valence-corrected chi connectivity index (χ0v) is 15.4. The minimum absolute atomic E-state index is 0.0141. The van der Waals surface area contributed by atoms with E-state index in [1.807, 2.05) is 36.1 Å². The number of rotatable bonds is 3. The second-order valence-corrected chi connectivity index (χ2v) is 7.05. The van der Waals surface area contributed by atoms with Crippen molar-refractivity contribution in [3.05, 3.63) is 64.1 Å². The Hall–Kier alpha value is -1.85. The molecule has 0 atom stereocenters. The number of nitrogens with zero attached hydrogens (tertiary/aromatic N) is 2. The van der Waals surface area contributed by atoms with Crippen LogP contribution in [0, 0.1) is 6.92 Å². The lowest BCUT2D eigenvalue weighted by Crippen LogP contribution is -2.49. The molecule has 0 radical (unpaired) electrons. The van der Waals surface area contributed by atoms with Crippen LogP contribution in [0.3, 0.4) is 0 Å². The summed E-state index contributed by atoms with van der Waals surface area (Å²) in [5.74, 6) is 0. The number of halogens is 1. The van der Waals surface area contributed by atoms with Gasteiger partial charge in [-0.3, -0.25) is 4.90 Å². The van der Waals surface area contributed by atoms with E-state index >= 15 is 0 Å². The molecule has 126 valence electrons. The number of anilines is 1. The molecule has 0 saturated carbocycles. The van der Waals surface area contributed by atoms with Crippen molar-refractivity contribution in [2.75, 3.05) is 31.5 Å². The van der Waals surface area contributed by atoms with Gasteiger partial charge in [-0.05, 0) is 36.2 Å². The number of benzene rings is 2. The van der Waals surface area contributed by atoms with E-state index in [1.54, 1.807) is 0 Å². The fourth-order valence-corrected chi connectivity index (χ4v) is 3.39. The summed E-state index contributed by atoms with van der Waals surface area (Å²) in [6, 6.07) is 16.3. The molecule has 24 heavy (non-hydrogen) atoms. The van der Waals surface area contributed by atoms with Crippen LogP contribution in [-0.2, 0) is 6.54 Å². The maximum absolute atomic E-state index is 12.5. The van der Waals surface area contributed by atoms with E-state index in [1.165, 1.54) is 5.56 Å². The zero-order chi connectivity index (χ0) is 16.9. The van der Waals surface area contributed by atoms with E-state index < -0.39 is 0 Å². The molecule has 0 spiro atoms. The quantitative estimate of drug-likeness (QED) is 0.859. The molecule has 1 fully saturated rings. The smallest absolute Gasteiger partial charge is 0.321 e. The van der Waals surface area contributed by atoms with Crippen molar-refractivity contribution < 1.29 is 4.79 Å². The fourth-order valence-electron chi connectivity index (χ4n) is 2.91. The first-order valence-electron chi connectivity index (χ1n) is 8.20. The minimum Gasteiger partial charge on any atom is -0.322 e. The molecule has 3 rings (SSSR count). The fraction of sp³-hybridized carbons (Fsp3) is 0.316. The number of urea groups is 1. The lowest BCUT2D eigenvalue weighted by atomic mass is 10.2. The monoisotopic (exact) mass is 387 g/mol. The van der Waals surface area contributed by atoms with Gasteiger partial charge in [0, 0.05) is 42.9 Å². The molecule has 4 nitrogen and oxygen atoms in total. The topological polar surface area (TPSA) is 35.6 Å². The third-order valence-corrected chi connectivity index (χ3v) is 4.83. The summed E-state index contributed by atoms with van der Waals surface area (Å²) in [7, 11) is 0. The van der Waals surface area contributed by atoms with E-state index in [9.17, 15) is 4.79 Å². The second kappa shape index (κ2) is 7.81. The van der Waals surface area contributed by atoms with Gasteiger partial charge in [0.15, 0.2) is 0 Å². The number of piperazine rings is 1. The molecule has 0 aromatic heterocycles. The average molecular weight is 388 g/mol. The van der Waals surface area contributed by atoms with Crippen molar-refractivity contribution in [1.82, 2.24) is 9.80 Å². The van der Waals surface area contributed by atoms with E-state index in [2.05, 4.69) is 50.4 Å². The van der Waals surface area contributed by atoms with Crippen LogP contribution in [0.5, 0.6) is 0 Å². The maximum atomic E-state index is 12.5. The lowest BCUT2D eigenvalue weighted by molar-refractivity contribution is 0.143. The highest BCUT2D eigenvalue weighted by atomic mass is 79.9. The maximum Gasteiger partial charge on any atom is 0.321 e. The Bertz CT molecular complexity index is 697. The highest BCUT2D eigenvalue weighted by Gasteiger charge is 2.21. The molecule has 2 aromatic rings. The number of hydrogen-bond donors (Lipinski definition) is 1. The molecule has 0 aliphatic carbocycles. The van der Waals surface area contributed by atoms with Gasteiger partial charge in [-0.15, -0.1) is 0 Å². The Balaban J connectivity index is 1.51. The van der Waals surface area contributed by atoms with Crippen LogP contribution in [0.1, 0.15) is 11.1 Å². The molecule has 0 unspecified atom stereocenters. The van der Waals surface area contributed by atoms with Crippen molar-refractivity contribution in [2.45, 2.75) is 13.5 Å². The van der Waals surface area contributed by atoms with Crippen molar-refractivity contribution in [3.8, 4) is 0 Å². The van der Waals surface area contributed by atoms with E-state index in [0.29, 0.717) is 0 Å². The third kappa shape index (κ3) is 4.36. The summed E-state index contributed by atoms with van der Waals surface area (Å²) < 4.78 is 1.02. The number of carbonyl (C=O) groups excluding carboxylic acids is 1. The largest absolute Gasteiger partial charge is 0.322 e. The van der Waals surface area contributed by atoms with Gasteiger partial charge in [-0.2, -0.15) is 0 Å². The second-order valence-electron chi connectivity index (χ2n) is 6.14. The summed E-state index contributed by atoms with van der Waals surface area (Å²) >= 11 is 3.44. The molecule has 1 N–H and O–H groups in total. The summed E-state index contributed by atoms with van der Waals surface area (Å²) in [5, 5.41) is 3.02. The molecule has 1 heterocycles. The molecule has 2 amide bonds. The Kier molecular flexibility index (Phi) is 5.53. The van der Waals surface area contributed by atoms with Crippen molar-refractivity contribution >= 4 is 27.6 Å². The van der Waals surface area contributed by atoms with E-state index in [0.717, 1.165) is 48.4 Å². The first kappa shape index (κ1) is 17.0. The van der Waals surface area contributed by atoms with Crippen molar-refractivity contribution in [3.63, 3.8) is 0 Å². The molecule has 1 aliphatic rings. The number of carbonyl (C=O) groups is 1. The van der Waals surface area contributed by atoms with Crippen LogP contribution in [0.15, 0.2) is 53.0 Å². The van der Waals surface area contributed by atoms with Gasteiger partial charge in [0.05, 0.1) is 0 Å². The zero-order valence-electron chi connectivity index (χ0n) is 13.8. The van der Waals surface area contributed by atoms with Crippen molar-refractivity contribution in [2.24, 2.45) is 0 Å². The average Bonchev–Trinajstić information content (AvgIpc) is 2.59. The predicted octanol–water partition coefficient (Wildman–Crippen LogP) is 4.11. The molecule has 1 aliphatic heterocycles. The number of aryl methyl sites for hydroxylation is 1. The number of nitrogens with one attached hydrogen (secondary N) is 1. The van der Waals surface area contributed by atoms with E-state index in [4.69, 9.17) is 0 Å². The molecular formula is C19H22BrN3O. The number of amides is 2. The first-order valence-corrected chi connectivity index (χ1v) is 8.99. The van der Waals surface area contributed by atoms with Crippen LogP contribution in [0.2, 0.25) is 0 Å². The third-order valence-electron chi connectivity index (χ3n) is 4.34. The standard InChI is InChI=1S/C19H22BrN3O/c1-15-13-17(20)7-8-18(15)21-19(24)23-11-9-22(10-12-23)14-16-5-3-2-4-6-16/h2-8,13H,9-12,14H2,1H3,(H,21,24). The van der Waals surface area contributed by atoms with Gasteiger partial charge < -0.3 is 10.2 Å². The van der Waals surface area contributed by atoms with Gasteiger partial charge in [0.1, 0.15) is 0 Å². The summed E-state index contributed by atoms with van der Waals surface area (Å²) in [6.07, 6.45) is 0.